The van der Waals surface area contributed by atoms with Crippen molar-refractivity contribution in [2.24, 2.45) is 28.6 Å². The van der Waals surface area contributed by atoms with Gasteiger partial charge < -0.3 is 9.84 Å². The van der Waals surface area contributed by atoms with Crippen LogP contribution in [0.3, 0.4) is 0 Å². The van der Waals surface area contributed by atoms with Crippen molar-refractivity contribution in [2.75, 3.05) is 6.61 Å². The number of esters is 1. The van der Waals surface area contributed by atoms with Gasteiger partial charge in [-0.3, -0.25) is 4.79 Å². The predicted molar refractivity (Wildman–Crippen MR) is 101 cm³/mol. The second-order valence-corrected chi connectivity index (χ2v) is 9.92. The molecule has 0 amide bonds. The highest BCUT2D eigenvalue weighted by molar-refractivity contribution is 5.92. The first-order valence-electron chi connectivity index (χ1n) is 10.7. The number of aliphatic hydroxyl groups is 1. The molecule has 1 unspecified atom stereocenters. The zero-order valence-electron chi connectivity index (χ0n) is 16.4. The van der Waals surface area contributed by atoms with E-state index in [-0.39, 0.29) is 29.5 Å². The third-order valence-corrected chi connectivity index (χ3v) is 8.94. The molecule has 1 aliphatic heterocycles. The number of aliphatic hydroxyl groups excluding tert-OH is 1. The topological polar surface area (TPSA) is 63.6 Å². The highest BCUT2D eigenvalue weighted by Gasteiger charge is 2.63. The van der Waals surface area contributed by atoms with Gasteiger partial charge in [0, 0.05) is 37.4 Å². The summed E-state index contributed by atoms with van der Waals surface area (Å²) in [4.78, 5) is 24.6. The fraction of sp³-hybridized carbons (Fsp3) is 0.739. The average molecular weight is 370 g/mol. The second-order valence-electron chi connectivity index (χ2n) is 9.92. The first-order chi connectivity index (χ1) is 12.9. The summed E-state index contributed by atoms with van der Waals surface area (Å²) in [6, 6.07) is 0. The predicted octanol–water partition coefficient (Wildman–Crippen LogP) is 3.73. The Kier molecular flexibility index (Phi) is 3.79. The molecule has 3 saturated carbocycles. The normalized spacial score (nSPS) is 45.7. The summed E-state index contributed by atoms with van der Waals surface area (Å²) in [6.45, 7) is 4.74. The fourth-order valence-electron chi connectivity index (χ4n) is 7.69. The first kappa shape index (κ1) is 17.7. The van der Waals surface area contributed by atoms with Crippen LogP contribution in [0.15, 0.2) is 22.8 Å². The quantitative estimate of drug-likeness (QED) is 0.752. The van der Waals surface area contributed by atoms with E-state index >= 15 is 0 Å². The van der Waals surface area contributed by atoms with Crippen LogP contribution in [0.2, 0.25) is 0 Å². The van der Waals surface area contributed by atoms with Crippen molar-refractivity contribution in [1.29, 1.82) is 0 Å². The molecule has 27 heavy (non-hydrogen) atoms. The minimum atomic E-state index is -0.187. The van der Waals surface area contributed by atoms with E-state index in [1.54, 1.807) is 0 Å². The maximum Gasteiger partial charge on any atom is 0.334 e. The number of hydrogen-bond donors (Lipinski definition) is 1. The molecule has 0 aromatic carbocycles. The van der Waals surface area contributed by atoms with Crippen molar-refractivity contribution >= 4 is 11.8 Å². The SMILES string of the molecule is C[C@]12CCC(=O)C=C1CC[C@@H]1[C@@H]2CC[C@]2(C)C3=C(CCO)C(=O)OC(C3)[C@@H]12. The van der Waals surface area contributed by atoms with Gasteiger partial charge in [-0.15, -0.1) is 0 Å². The largest absolute Gasteiger partial charge is 0.458 e. The van der Waals surface area contributed by atoms with E-state index in [9.17, 15) is 14.7 Å². The number of carbonyl (C=O) groups excluding carboxylic acids is 2. The summed E-state index contributed by atoms with van der Waals surface area (Å²) in [7, 11) is 0. The summed E-state index contributed by atoms with van der Waals surface area (Å²) >= 11 is 0. The molecule has 0 spiro atoms. The minimum absolute atomic E-state index is 0.00561. The van der Waals surface area contributed by atoms with E-state index < -0.39 is 0 Å². The van der Waals surface area contributed by atoms with Gasteiger partial charge in [0.1, 0.15) is 6.10 Å². The van der Waals surface area contributed by atoms with Crippen LogP contribution in [0.25, 0.3) is 0 Å². The maximum absolute atomic E-state index is 12.6. The molecule has 6 atom stereocenters. The van der Waals surface area contributed by atoms with Gasteiger partial charge in [-0.25, -0.2) is 4.79 Å². The Morgan fingerprint density at radius 2 is 1.96 bits per heavy atom. The molecule has 1 heterocycles. The van der Waals surface area contributed by atoms with Crippen LogP contribution in [0.5, 0.6) is 0 Å². The third-order valence-electron chi connectivity index (χ3n) is 8.94. The van der Waals surface area contributed by atoms with E-state index in [1.165, 1.54) is 11.1 Å². The van der Waals surface area contributed by atoms with Gasteiger partial charge in [0.2, 0.25) is 0 Å². The molecule has 3 fully saturated rings. The highest BCUT2D eigenvalue weighted by Crippen LogP contribution is 2.68. The molecule has 5 rings (SSSR count). The molecule has 2 bridgehead atoms. The van der Waals surface area contributed by atoms with E-state index in [0.29, 0.717) is 36.4 Å². The van der Waals surface area contributed by atoms with Crippen LogP contribution in [-0.2, 0) is 14.3 Å². The summed E-state index contributed by atoms with van der Waals surface area (Å²) in [5.41, 5.74) is 3.59. The summed E-state index contributed by atoms with van der Waals surface area (Å²) in [5, 5.41) is 9.44. The van der Waals surface area contributed by atoms with Gasteiger partial charge in [0.05, 0.1) is 0 Å². The van der Waals surface area contributed by atoms with Crippen LogP contribution in [-0.4, -0.2) is 29.6 Å². The van der Waals surface area contributed by atoms with Crippen molar-refractivity contribution in [2.45, 2.75) is 71.3 Å². The van der Waals surface area contributed by atoms with Gasteiger partial charge in [0.15, 0.2) is 5.78 Å². The number of ether oxygens (including phenoxy) is 1. The average Bonchev–Trinajstić information content (AvgIpc) is 2.88. The van der Waals surface area contributed by atoms with Crippen molar-refractivity contribution in [3.05, 3.63) is 22.8 Å². The maximum atomic E-state index is 12.6. The molecule has 4 nitrogen and oxygen atoms in total. The Morgan fingerprint density at radius 3 is 2.74 bits per heavy atom. The van der Waals surface area contributed by atoms with E-state index in [0.717, 1.165) is 44.1 Å². The lowest BCUT2D eigenvalue weighted by atomic mass is 9.47. The summed E-state index contributed by atoms with van der Waals surface area (Å²) in [6.07, 6.45) is 9.27. The number of fused-ring (bicyclic) bond motifs is 9. The molecule has 0 aromatic rings. The summed E-state index contributed by atoms with van der Waals surface area (Å²) in [5.74, 6) is 1.65. The Labute approximate surface area is 161 Å². The molecule has 4 aliphatic carbocycles. The Bertz CT molecular complexity index is 777. The standard InChI is InChI=1S/C23H30O4/c1-22-8-5-14(25)11-13(22)3-4-15-17(22)6-9-23(2)18-12-19(20(15)23)27-21(26)16(18)7-10-24/h11,15,17,19-20,24H,3-10,12H2,1-2H3/t15-,17+,19?,20-,22+,23-/m1/s1. The van der Waals surface area contributed by atoms with Crippen LogP contribution < -0.4 is 0 Å². The van der Waals surface area contributed by atoms with E-state index in [1.807, 2.05) is 6.08 Å². The molecule has 146 valence electrons. The van der Waals surface area contributed by atoms with Crippen molar-refractivity contribution in [3.8, 4) is 0 Å². The third kappa shape index (κ3) is 2.25. The van der Waals surface area contributed by atoms with Gasteiger partial charge in [-0.2, -0.15) is 0 Å². The minimum Gasteiger partial charge on any atom is -0.458 e. The van der Waals surface area contributed by atoms with Gasteiger partial charge in [0.25, 0.3) is 0 Å². The van der Waals surface area contributed by atoms with Crippen LogP contribution in [0.1, 0.15) is 65.2 Å². The van der Waals surface area contributed by atoms with E-state index in [4.69, 9.17) is 4.74 Å². The number of rotatable bonds is 2. The summed E-state index contributed by atoms with van der Waals surface area (Å²) < 4.78 is 5.94. The van der Waals surface area contributed by atoms with Crippen LogP contribution >= 0.6 is 0 Å². The number of carbonyl (C=O) groups is 2. The van der Waals surface area contributed by atoms with Crippen molar-refractivity contribution < 1.29 is 19.4 Å². The van der Waals surface area contributed by atoms with E-state index in [2.05, 4.69) is 13.8 Å². The fourth-order valence-corrected chi connectivity index (χ4v) is 7.69. The molecular weight excluding hydrogens is 340 g/mol. The van der Waals surface area contributed by atoms with Crippen molar-refractivity contribution in [3.63, 3.8) is 0 Å². The van der Waals surface area contributed by atoms with Crippen LogP contribution in [0, 0.1) is 28.6 Å². The molecule has 5 aliphatic rings. The lowest BCUT2D eigenvalue weighted by Gasteiger charge is -2.57. The Balaban J connectivity index is 1.55. The number of hydrogen-bond acceptors (Lipinski definition) is 4. The van der Waals surface area contributed by atoms with Gasteiger partial charge in [-0.1, -0.05) is 19.4 Å². The zero-order valence-corrected chi connectivity index (χ0v) is 16.4. The molecule has 4 heteroatoms. The molecule has 1 N–H and O–H groups in total. The molecular formula is C23H30O4. The second kappa shape index (κ2) is 5.79. The Morgan fingerprint density at radius 1 is 1.15 bits per heavy atom. The van der Waals surface area contributed by atoms with Crippen LogP contribution in [0.4, 0.5) is 0 Å². The zero-order chi connectivity index (χ0) is 19.0. The first-order valence-corrected chi connectivity index (χ1v) is 10.7. The Hall–Kier alpha value is -1.42. The van der Waals surface area contributed by atoms with Gasteiger partial charge >= 0.3 is 5.97 Å². The lowest BCUT2D eigenvalue weighted by molar-refractivity contribution is -0.152. The van der Waals surface area contributed by atoms with Gasteiger partial charge in [-0.05, 0) is 66.4 Å². The molecule has 0 saturated heterocycles. The molecule has 0 aromatic heterocycles. The number of allylic oxidation sites excluding steroid dienone is 1. The smallest absolute Gasteiger partial charge is 0.334 e. The lowest BCUT2D eigenvalue weighted by Crippen LogP contribution is -2.51. The highest BCUT2D eigenvalue weighted by atomic mass is 16.5. The molecule has 0 radical (unpaired) electrons. The monoisotopic (exact) mass is 370 g/mol. The number of ketones is 1. The van der Waals surface area contributed by atoms with Crippen molar-refractivity contribution in [1.82, 2.24) is 0 Å².